The Labute approximate surface area is 233 Å². The molecule has 8 aromatic carbocycles. The van der Waals surface area contributed by atoms with Gasteiger partial charge in [-0.1, -0.05) is 121 Å². The van der Waals surface area contributed by atoms with Gasteiger partial charge in [0, 0.05) is 5.39 Å². The highest BCUT2D eigenvalue weighted by Crippen LogP contribution is 2.45. The Morgan fingerprint density at radius 3 is 1.80 bits per heavy atom. The molecule has 0 spiro atoms. The summed E-state index contributed by atoms with van der Waals surface area (Å²) in [6, 6.07) is 59.1. The molecular weight excluding hydrogens is 480 g/mol. The van der Waals surface area contributed by atoms with Crippen LogP contribution >= 0.6 is 0 Å². The van der Waals surface area contributed by atoms with Crippen LogP contribution in [0.5, 0.6) is 0 Å². The lowest BCUT2D eigenvalue weighted by atomic mass is 9.84. The van der Waals surface area contributed by atoms with Gasteiger partial charge in [0.05, 0.1) is 0 Å². The summed E-state index contributed by atoms with van der Waals surface area (Å²) in [5.41, 5.74) is 7.44. The summed E-state index contributed by atoms with van der Waals surface area (Å²) in [5, 5.41) is 9.81. The Hall–Kier alpha value is -5.38. The molecule has 0 aliphatic heterocycles. The van der Waals surface area contributed by atoms with Crippen LogP contribution in [-0.4, -0.2) is 0 Å². The highest BCUT2D eigenvalue weighted by atomic mass is 14.2. The minimum absolute atomic E-state index is 1.08. The first-order valence-corrected chi connectivity index (χ1v) is 13.7. The van der Waals surface area contributed by atoms with Crippen LogP contribution in [0.2, 0.25) is 0 Å². The van der Waals surface area contributed by atoms with E-state index >= 15 is 0 Å². The van der Waals surface area contributed by atoms with Gasteiger partial charge in [0.2, 0.25) is 0 Å². The van der Waals surface area contributed by atoms with Crippen LogP contribution in [0.4, 0.5) is 0 Å². The van der Waals surface area contributed by atoms with Crippen LogP contribution in [-0.2, 0) is 0 Å². The molecule has 0 aliphatic rings. The maximum Gasteiger partial charge on any atom is 0.0321 e. The highest BCUT2D eigenvalue weighted by molar-refractivity contribution is 6.22. The van der Waals surface area contributed by atoms with Crippen molar-refractivity contribution in [2.24, 2.45) is 0 Å². The van der Waals surface area contributed by atoms with Gasteiger partial charge in [-0.15, -0.1) is 0 Å². The van der Waals surface area contributed by atoms with E-state index in [-0.39, 0.29) is 0 Å². The zero-order valence-electron chi connectivity index (χ0n) is 21.9. The summed E-state index contributed by atoms with van der Waals surface area (Å²) in [4.78, 5) is 0. The molecule has 0 radical (unpaired) electrons. The van der Waals surface area contributed by atoms with Gasteiger partial charge in [-0.3, -0.25) is 0 Å². The molecule has 40 heavy (non-hydrogen) atoms. The van der Waals surface area contributed by atoms with Crippen LogP contribution in [0, 0.1) is 12.1 Å². The van der Waals surface area contributed by atoms with Crippen LogP contribution in [0.1, 0.15) is 0 Å². The van der Waals surface area contributed by atoms with Crippen molar-refractivity contribution in [1.29, 1.82) is 0 Å². The first-order valence-electron chi connectivity index (χ1n) is 13.7. The van der Waals surface area contributed by atoms with E-state index in [0.29, 0.717) is 0 Å². The second-order valence-electron chi connectivity index (χ2n) is 10.4. The zero-order valence-corrected chi connectivity index (χ0v) is 21.9. The number of rotatable bonds is 3. The minimum atomic E-state index is 1.08. The van der Waals surface area contributed by atoms with E-state index in [4.69, 9.17) is 0 Å². The lowest BCUT2D eigenvalue weighted by Gasteiger charge is -2.19. The van der Waals surface area contributed by atoms with Gasteiger partial charge in [0.1, 0.15) is 0 Å². The molecule has 0 bridgehead atoms. The summed E-state index contributed by atoms with van der Waals surface area (Å²) < 4.78 is 0. The minimum Gasteiger partial charge on any atom is -0.0696 e. The monoisotopic (exact) mass is 504 g/mol. The third-order valence-electron chi connectivity index (χ3n) is 8.06. The van der Waals surface area contributed by atoms with Gasteiger partial charge in [0.15, 0.2) is 0 Å². The fourth-order valence-corrected chi connectivity index (χ4v) is 6.18. The van der Waals surface area contributed by atoms with E-state index in [1.807, 2.05) is 6.07 Å². The predicted molar refractivity (Wildman–Crippen MR) is 170 cm³/mol. The van der Waals surface area contributed by atoms with Crippen molar-refractivity contribution in [3.05, 3.63) is 158 Å². The zero-order chi connectivity index (χ0) is 26.5. The lowest BCUT2D eigenvalue weighted by Crippen LogP contribution is -1.92. The average molecular weight is 505 g/mol. The third kappa shape index (κ3) is 3.64. The van der Waals surface area contributed by atoms with E-state index < -0.39 is 0 Å². The molecule has 8 aromatic rings. The first kappa shape index (κ1) is 22.6. The van der Waals surface area contributed by atoms with Crippen molar-refractivity contribution in [1.82, 2.24) is 0 Å². The van der Waals surface area contributed by atoms with Crippen molar-refractivity contribution >= 4 is 43.1 Å². The number of fused-ring (bicyclic) bond motifs is 4. The molecule has 0 saturated carbocycles. The van der Waals surface area contributed by atoms with E-state index in [9.17, 15) is 0 Å². The van der Waals surface area contributed by atoms with Gasteiger partial charge < -0.3 is 0 Å². The van der Waals surface area contributed by atoms with Crippen LogP contribution in [0.15, 0.2) is 146 Å². The quantitative estimate of drug-likeness (QED) is 0.210. The summed E-state index contributed by atoms with van der Waals surface area (Å²) in [6.07, 6.45) is 0. The Bertz CT molecular complexity index is 2200. The summed E-state index contributed by atoms with van der Waals surface area (Å²) in [5.74, 6) is 0. The second kappa shape index (κ2) is 9.12. The molecule has 0 atom stereocenters. The summed E-state index contributed by atoms with van der Waals surface area (Å²) >= 11 is 0. The number of benzene rings is 7. The fraction of sp³-hybridized carbons (Fsp3) is 0. The van der Waals surface area contributed by atoms with Crippen molar-refractivity contribution in [3.8, 4) is 33.4 Å². The summed E-state index contributed by atoms with van der Waals surface area (Å²) in [7, 11) is 0. The fourth-order valence-electron chi connectivity index (χ4n) is 6.18. The van der Waals surface area contributed by atoms with Gasteiger partial charge in [-0.05, 0) is 107 Å². The standard InChI is InChI=1S/C40H24/c1-2-10-27(11-3-1)32-22-23-37-38(26-32)40(34-21-19-29-13-5-7-15-31(29)25-34)36-17-9-8-16-35(36)39(37)33-20-18-28-12-4-6-14-30(28)24-33/h1-3,5-11,13-26H. The molecular formula is C40H24. The molecule has 0 heteroatoms. The molecule has 0 amide bonds. The van der Waals surface area contributed by atoms with Crippen LogP contribution < -0.4 is 0 Å². The van der Waals surface area contributed by atoms with E-state index in [2.05, 4.69) is 152 Å². The van der Waals surface area contributed by atoms with Crippen molar-refractivity contribution in [2.45, 2.75) is 0 Å². The Balaban J connectivity index is 1.51. The molecule has 0 aromatic heterocycles. The average Bonchev–Trinajstić information content (AvgIpc) is 3.03. The first-order chi connectivity index (χ1) is 19.8. The maximum absolute atomic E-state index is 3.25. The largest absolute Gasteiger partial charge is 0.0696 e. The normalized spacial score (nSPS) is 11.3. The molecule has 0 N–H and O–H groups in total. The van der Waals surface area contributed by atoms with E-state index in [0.717, 1.165) is 5.39 Å². The molecule has 0 aliphatic carbocycles. The molecule has 0 saturated heterocycles. The molecule has 184 valence electrons. The van der Waals surface area contributed by atoms with Gasteiger partial charge in [-0.2, -0.15) is 0 Å². The van der Waals surface area contributed by atoms with Crippen molar-refractivity contribution in [3.63, 3.8) is 0 Å². The van der Waals surface area contributed by atoms with E-state index in [1.165, 1.54) is 71.1 Å². The van der Waals surface area contributed by atoms with E-state index in [1.54, 1.807) is 0 Å². The SMILES string of the molecule is c1ccc2cc(-c3c4ccccc4c(-c4ccc5ccccc5c4)c4cc(-c5ccccc5)ccc34)ccc2c#1. The molecule has 0 unspecified atom stereocenters. The topological polar surface area (TPSA) is 0 Å². The van der Waals surface area contributed by atoms with Crippen LogP contribution in [0.3, 0.4) is 0 Å². The Morgan fingerprint density at radius 1 is 0.350 bits per heavy atom. The highest BCUT2D eigenvalue weighted by Gasteiger charge is 2.18. The van der Waals surface area contributed by atoms with Crippen LogP contribution in [0.25, 0.3) is 76.5 Å². The third-order valence-corrected chi connectivity index (χ3v) is 8.06. The van der Waals surface area contributed by atoms with Crippen molar-refractivity contribution < 1.29 is 0 Å². The number of hydrogen-bond acceptors (Lipinski definition) is 0. The lowest BCUT2D eigenvalue weighted by molar-refractivity contribution is 1.64. The van der Waals surface area contributed by atoms with Crippen molar-refractivity contribution in [2.75, 3.05) is 0 Å². The summed E-state index contributed by atoms with van der Waals surface area (Å²) in [6.45, 7) is 0. The van der Waals surface area contributed by atoms with Gasteiger partial charge >= 0.3 is 0 Å². The molecule has 0 nitrogen and oxygen atoms in total. The Kier molecular flexibility index (Phi) is 5.15. The molecule has 8 rings (SSSR count). The molecule has 0 heterocycles. The maximum atomic E-state index is 3.25. The Morgan fingerprint density at radius 2 is 0.975 bits per heavy atom. The molecule has 0 fully saturated rings. The number of hydrogen-bond donors (Lipinski definition) is 0. The smallest absolute Gasteiger partial charge is 0.0321 e. The second-order valence-corrected chi connectivity index (χ2v) is 10.4. The van der Waals surface area contributed by atoms with Gasteiger partial charge in [0.25, 0.3) is 0 Å². The predicted octanol–water partition coefficient (Wildman–Crippen LogP) is 10.9. The van der Waals surface area contributed by atoms with Gasteiger partial charge in [-0.25, -0.2) is 0 Å².